The first-order valence-electron chi connectivity index (χ1n) is 8.94. The number of carboxylic acid groups (broad SMARTS) is 1. The summed E-state index contributed by atoms with van der Waals surface area (Å²) in [6.45, 7) is 3.83. The van der Waals surface area contributed by atoms with Crippen LogP contribution in [0.1, 0.15) is 44.0 Å². The van der Waals surface area contributed by atoms with Gasteiger partial charge in [-0.3, -0.25) is 9.59 Å². The fourth-order valence-electron chi connectivity index (χ4n) is 4.88. The minimum atomic E-state index is -0.761. The van der Waals surface area contributed by atoms with Crippen LogP contribution < -0.4 is 0 Å². The number of rotatable bonds is 4. The summed E-state index contributed by atoms with van der Waals surface area (Å²) in [5.41, 5.74) is 2.00. The fourth-order valence-corrected chi connectivity index (χ4v) is 4.88. The highest BCUT2D eigenvalue weighted by Gasteiger charge is 2.60. The number of carbonyl (C=O) groups is 2. The predicted molar refractivity (Wildman–Crippen MR) is 93.2 cm³/mol. The van der Waals surface area contributed by atoms with Crippen molar-refractivity contribution in [2.24, 2.45) is 5.41 Å². The van der Waals surface area contributed by atoms with E-state index in [1.165, 1.54) is 0 Å². The predicted octanol–water partition coefficient (Wildman–Crippen LogP) is 2.66. The number of carboxylic acids is 1. The second-order valence-electron chi connectivity index (χ2n) is 7.42. The molecule has 2 bridgehead atoms. The highest BCUT2D eigenvalue weighted by molar-refractivity contribution is 5.85. The van der Waals surface area contributed by atoms with Crippen molar-refractivity contribution in [2.75, 3.05) is 0 Å². The molecular formula is C19H23N3O3. The second-order valence-corrected chi connectivity index (χ2v) is 7.42. The van der Waals surface area contributed by atoms with Gasteiger partial charge in [-0.05, 0) is 50.3 Å². The summed E-state index contributed by atoms with van der Waals surface area (Å²) in [7, 11) is 0. The molecule has 0 aliphatic carbocycles. The molecule has 1 aromatic heterocycles. The molecule has 3 atom stereocenters. The summed E-state index contributed by atoms with van der Waals surface area (Å²) in [4.78, 5) is 34.3. The molecule has 2 aliphatic heterocycles. The number of aromatic nitrogens is 2. The third kappa shape index (κ3) is 2.34. The SMILES string of the molecule is CC[C@@]1(C(=O)O)C[C@@H]2CC[C@H]1N2C(=O)Cc1ccc2nc(C)[nH]c2c1. The molecular weight excluding hydrogens is 318 g/mol. The first kappa shape index (κ1) is 16.1. The number of benzene rings is 1. The van der Waals surface area contributed by atoms with Gasteiger partial charge in [0, 0.05) is 12.1 Å². The Hall–Kier alpha value is -2.37. The van der Waals surface area contributed by atoms with Gasteiger partial charge in [0.2, 0.25) is 5.91 Å². The number of aryl methyl sites for hydroxylation is 1. The Bertz CT molecular complexity index is 859. The Morgan fingerprint density at radius 1 is 1.40 bits per heavy atom. The summed E-state index contributed by atoms with van der Waals surface area (Å²) in [5, 5.41) is 9.75. The number of hydrogen-bond donors (Lipinski definition) is 2. The van der Waals surface area contributed by atoms with E-state index in [-0.39, 0.29) is 18.0 Å². The maximum Gasteiger partial charge on any atom is 0.311 e. The molecule has 132 valence electrons. The first-order chi connectivity index (χ1) is 11.9. The fraction of sp³-hybridized carbons (Fsp3) is 0.526. The number of imidazole rings is 1. The summed E-state index contributed by atoms with van der Waals surface area (Å²) in [5.74, 6) is 0.138. The first-order valence-corrected chi connectivity index (χ1v) is 8.94. The van der Waals surface area contributed by atoms with Crippen LogP contribution >= 0.6 is 0 Å². The zero-order valence-corrected chi connectivity index (χ0v) is 14.6. The van der Waals surface area contributed by atoms with E-state index in [4.69, 9.17) is 0 Å². The zero-order chi connectivity index (χ0) is 17.8. The zero-order valence-electron chi connectivity index (χ0n) is 14.6. The van der Waals surface area contributed by atoms with Crippen LogP contribution in [0.2, 0.25) is 0 Å². The lowest BCUT2D eigenvalue weighted by atomic mass is 9.72. The molecule has 4 rings (SSSR count). The van der Waals surface area contributed by atoms with E-state index in [2.05, 4.69) is 9.97 Å². The van der Waals surface area contributed by atoms with Crippen molar-refractivity contribution in [3.8, 4) is 0 Å². The molecule has 0 spiro atoms. The molecule has 25 heavy (non-hydrogen) atoms. The molecule has 1 amide bonds. The van der Waals surface area contributed by atoms with Crippen molar-refractivity contribution in [3.63, 3.8) is 0 Å². The lowest BCUT2D eigenvalue weighted by molar-refractivity contribution is -0.151. The van der Waals surface area contributed by atoms with Gasteiger partial charge in [0.05, 0.1) is 22.9 Å². The van der Waals surface area contributed by atoms with Gasteiger partial charge < -0.3 is 15.0 Å². The quantitative estimate of drug-likeness (QED) is 0.895. The Labute approximate surface area is 146 Å². The highest BCUT2D eigenvalue weighted by Crippen LogP contribution is 2.52. The van der Waals surface area contributed by atoms with Crippen LogP contribution in [-0.2, 0) is 16.0 Å². The number of carbonyl (C=O) groups excluding carboxylic acids is 1. The number of aliphatic carboxylic acids is 1. The number of aromatic amines is 1. The molecule has 6 nitrogen and oxygen atoms in total. The van der Waals surface area contributed by atoms with Gasteiger partial charge in [0.25, 0.3) is 0 Å². The lowest BCUT2D eigenvalue weighted by Gasteiger charge is -2.32. The van der Waals surface area contributed by atoms with Gasteiger partial charge in [-0.1, -0.05) is 13.0 Å². The summed E-state index contributed by atoms with van der Waals surface area (Å²) in [6, 6.07) is 5.74. The third-order valence-corrected chi connectivity index (χ3v) is 6.11. The van der Waals surface area contributed by atoms with E-state index in [1.807, 2.05) is 36.9 Å². The van der Waals surface area contributed by atoms with Gasteiger partial charge in [0.15, 0.2) is 0 Å². The van der Waals surface area contributed by atoms with Crippen LogP contribution in [0.4, 0.5) is 0 Å². The summed E-state index contributed by atoms with van der Waals surface area (Å²) < 4.78 is 0. The summed E-state index contributed by atoms with van der Waals surface area (Å²) >= 11 is 0. The smallest absolute Gasteiger partial charge is 0.311 e. The normalized spacial score (nSPS) is 28.0. The molecule has 0 radical (unpaired) electrons. The average molecular weight is 341 g/mol. The monoisotopic (exact) mass is 341 g/mol. The third-order valence-electron chi connectivity index (χ3n) is 6.11. The Morgan fingerprint density at radius 2 is 2.20 bits per heavy atom. The maximum absolute atomic E-state index is 13.0. The number of hydrogen-bond acceptors (Lipinski definition) is 3. The van der Waals surface area contributed by atoms with E-state index >= 15 is 0 Å². The van der Waals surface area contributed by atoms with Gasteiger partial charge in [-0.25, -0.2) is 4.98 Å². The Kier molecular flexibility index (Phi) is 3.60. The van der Waals surface area contributed by atoms with Crippen molar-refractivity contribution in [2.45, 2.75) is 58.0 Å². The molecule has 2 aromatic rings. The number of nitrogens with zero attached hydrogens (tertiary/aromatic N) is 2. The van der Waals surface area contributed by atoms with Crippen LogP contribution in [0.3, 0.4) is 0 Å². The van der Waals surface area contributed by atoms with Gasteiger partial charge >= 0.3 is 5.97 Å². The minimum Gasteiger partial charge on any atom is -0.481 e. The number of amides is 1. The van der Waals surface area contributed by atoms with Crippen molar-refractivity contribution in [3.05, 3.63) is 29.6 Å². The second kappa shape index (κ2) is 5.58. The van der Waals surface area contributed by atoms with E-state index in [0.29, 0.717) is 19.3 Å². The van der Waals surface area contributed by atoms with Gasteiger partial charge in [-0.15, -0.1) is 0 Å². The van der Waals surface area contributed by atoms with E-state index in [1.54, 1.807) is 0 Å². The van der Waals surface area contributed by atoms with Crippen molar-refractivity contribution in [1.82, 2.24) is 14.9 Å². The van der Waals surface area contributed by atoms with Crippen molar-refractivity contribution < 1.29 is 14.7 Å². The van der Waals surface area contributed by atoms with E-state index in [9.17, 15) is 14.7 Å². The summed E-state index contributed by atoms with van der Waals surface area (Å²) in [6.07, 6.45) is 3.20. The van der Waals surface area contributed by atoms with Crippen LogP contribution in [0.15, 0.2) is 18.2 Å². The standard InChI is InChI=1S/C19H23N3O3/c1-3-19(18(24)25)10-13-5-7-16(19)22(13)17(23)9-12-4-6-14-15(8-12)21-11(2)20-14/h4,6,8,13,16H,3,5,7,9-10H2,1-2H3,(H,20,21)(H,24,25)/t13-,16+,19+/m0/s1. The highest BCUT2D eigenvalue weighted by atomic mass is 16.4. The number of nitrogens with one attached hydrogen (secondary N) is 1. The molecule has 2 fully saturated rings. The largest absolute Gasteiger partial charge is 0.481 e. The molecule has 0 unspecified atom stereocenters. The number of H-pyrrole nitrogens is 1. The Morgan fingerprint density at radius 3 is 2.88 bits per heavy atom. The van der Waals surface area contributed by atoms with Crippen molar-refractivity contribution >= 4 is 22.9 Å². The molecule has 6 heteroatoms. The van der Waals surface area contributed by atoms with Crippen LogP contribution in [0, 0.1) is 12.3 Å². The minimum absolute atomic E-state index is 0.0414. The molecule has 1 aromatic carbocycles. The lowest BCUT2D eigenvalue weighted by Crippen LogP contribution is -2.45. The van der Waals surface area contributed by atoms with Crippen molar-refractivity contribution in [1.29, 1.82) is 0 Å². The molecule has 2 aliphatic rings. The van der Waals surface area contributed by atoms with E-state index < -0.39 is 11.4 Å². The van der Waals surface area contributed by atoms with Crippen LogP contribution in [0.5, 0.6) is 0 Å². The van der Waals surface area contributed by atoms with Crippen LogP contribution in [0.25, 0.3) is 11.0 Å². The topological polar surface area (TPSA) is 86.3 Å². The molecule has 0 saturated carbocycles. The van der Waals surface area contributed by atoms with Crippen LogP contribution in [-0.4, -0.2) is 43.9 Å². The molecule has 2 saturated heterocycles. The average Bonchev–Trinajstić information content (AvgIpc) is 3.24. The molecule has 2 N–H and O–H groups in total. The van der Waals surface area contributed by atoms with E-state index in [0.717, 1.165) is 35.3 Å². The van der Waals surface area contributed by atoms with Gasteiger partial charge in [0.1, 0.15) is 5.82 Å². The molecule has 3 heterocycles. The van der Waals surface area contributed by atoms with Gasteiger partial charge in [-0.2, -0.15) is 0 Å². The Balaban J connectivity index is 1.57. The maximum atomic E-state index is 13.0. The number of fused-ring (bicyclic) bond motifs is 3.